The molecule has 0 spiro atoms. The number of hydrogen-bond acceptors (Lipinski definition) is 14. The molecular formula is C54H49Cl4N9O11. The molecule has 2 amide bonds. The molecule has 0 bridgehead atoms. The lowest BCUT2D eigenvalue weighted by atomic mass is 10.0. The number of carbonyl (C=O) groups is 3. The molecule has 20 nitrogen and oxygen atoms in total. The van der Waals surface area contributed by atoms with Gasteiger partial charge in [-0.1, -0.05) is 101 Å². The Hall–Kier alpha value is -7.85. The highest BCUT2D eigenvalue weighted by Crippen LogP contribution is 2.39. The topological polar surface area (TPSA) is 237 Å². The highest BCUT2D eigenvalue weighted by Gasteiger charge is 2.37. The number of amides is 2. The van der Waals surface area contributed by atoms with Crippen molar-refractivity contribution in [1.82, 2.24) is 35.3 Å². The Kier molecular flexibility index (Phi) is 18.8. The summed E-state index contributed by atoms with van der Waals surface area (Å²) in [6.07, 6.45) is 5.21. The van der Waals surface area contributed by atoms with Crippen LogP contribution in [-0.2, 0) is 19.2 Å². The summed E-state index contributed by atoms with van der Waals surface area (Å²) < 4.78 is 13.9. The normalized spacial score (nSPS) is 16.4. The number of nitrogens with one attached hydrogen (secondary N) is 2. The first-order valence-corrected chi connectivity index (χ1v) is 26.0. The maximum absolute atomic E-state index is 13.4. The van der Waals surface area contributed by atoms with Gasteiger partial charge in [-0.3, -0.25) is 15.0 Å². The fraction of sp³-hybridized carbons (Fsp3) is 0.315. The minimum Gasteiger partial charge on any atom is -0.492 e. The second kappa shape index (κ2) is 26.0. The standard InChI is InChI=1S/C28H27Cl2N5O4.C26H22Cl2N4O7/c1-18-26(28(36)32-33-16-21-6-4-7-22(21)17-33)31-34(25-13-12-23(29)15-24(25)30)27(18)20-10-8-19(9-11-20)5-2-3-14-39-35(37)38;1-37-24-22(25(33)29-20-6-4-13-38-26(20)34)30-31(21-12-11-18(27)15-19(21)28)23(24)17-9-7-16(8-10-17)5-2-3-14-39-32(35)36/h8-13,15,21-22H,3-4,6-7,14,16-17H2,1H3,(H,32,36);7-12,15,20H,3-4,6,13-14H2,1H3,(H,29,33). The SMILES string of the molecule is COc1c(C(=O)NC2CCCOC2=O)nn(-c2ccc(Cl)cc2Cl)c1-c1ccc(C#CCCO[N+](=O)[O-])cc1.Cc1c(C(=O)NN2CC3CCCC3C2)nn(-c2ccc(Cl)cc2Cl)c1-c1ccc(C#CCCO[N+](=O)[O-])cc1. The first-order chi connectivity index (χ1) is 37.6. The van der Waals surface area contributed by atoms with Crippen molar-refractivity contribution in [2.75, 3.05) is 40.0 Å². The molecule has 9 rings (SSSR count). The summed E-state index contributed by atoms with van der Waals surface area (Å²) in [6.45, 7) is 3.72. The summed E-state index contributed by atoms with van der Waals surface area (Å²) in [5.74, 6) is 11.6. The smallest absolute Gasteiger partial charge is 0.328 e. The molecule has 6 aromatic rings. The second-order valence-corrected chi connectivity index (χ2v) is 19.8. The molecule has 3 unspecified atom stereocenters. The van der Waals surface area contributed by atoms with Gasteiger partial charge in [0.25, 0.3) is 22.0 Å². The zero-order chi connectivity index (χ0) is 55.5. The second-order valence-electron chi connectivity index (χ2n) is 18.1. The number of ether oxygens (including phenoxy) is 2. The van der Waals surface area contributed by atoms with Gasteiger partial charge in [-0.25, -0.2) is 19.2 Å². The molecule has 4 heterocycles. The molecule has 2 saturated heterocycles. The molecule has 1 aliphatic carbocycles. The number of carbonyl (C=O) groups excluding carboxylic acids is 3. The lowest BCUT2D eigenvalue weighted by Gasteiger charge is -2.21. The van der Waals surface area contributed by atoms with Crippen molar-refractivity contribution in [2.24, 2.45) is 11.8 Å². The van der Waals surface area contributed by atoms with E-state index in [1.807, 2.05) is 36.2 Å². The lowest BCUT2D eigenvalue weighted by Crippen LogP contribution is -2.44. The van der Waals surface area contributed by atoms with Crippen molar-refractivity contribution in [3.05, 3.63) is 153 Å². The van der Waals surface area contributed by atoms with Crippen LogP contribution in [0.15, 0.2) is 84.9 Å². The Morgan fingerprint density at radius 2 is 1.23 bits per heavy atom. The fourth-order valence-electron chi connectivity index (χ4n) is 9.36. The van der Waals surface area contributed by atoms with Gasteiger partial charge in [-0.05, 0) is 105 Å². The number of benzene rings is 4. The van der Waals surface area contributed by atoms with E-state index in [1.54, 1.807) is 65.3 Å². The molecule has 3 aliphatic rings. The quantitative estimate of drug-likeness (QED) is 0.0320. The molecule has 3 atom stereocenters. The highest BCUT2D eigenvalue weighted by atomic mass is 35.5. The maximum atomic E-state index is 13.4. The molecule has 2 aromatic heterocycles. The van der Waals surface area contributed by atoms with Gasteiger partial charge >= 0.3 is 5.97 Å². The van der Waals surface area contributed by atoms with E-state index in [0.29, 0.717) is 85.8 Å². The van der Waals surface area contributed by atoms with Gasteiger partial charge in [0.05, 0.1) is 40.8 Å². The Labute approximate surface area is 467 Å². The minimum absolute atomic E-state index is 0.0495. The molecule has 0 radical (unpaired) electrons. The van der Waals surface area contributed by atoms with Crippen LogP contribution < -0.4 is 15.5 Å². The Bertz CT molecular complexity index is 3350. The molecule has 78 heavy (non-hydrogen) atoms. The van der Waals surface area contributed by atoms with Gasteiger partial charge in [-0.15, -0.1) is 20.2 Å². The van der Waals surface area contributed by atoms with Gasteiger partial charge in [0.1, 0.15) is 24.9 Å². The molecule has 2 aliphatic heterocycles. The lowest BCUT2D eigenvalue weighted by molar-refractivity contribution is -0.757. The molecular weight excluding hydrogens is 1090 g/mol. The van der Waals surface area contributed by atoms with E-state index in [0.717, 1.165) is 29.9 Å². The molecule has 3 fully saturated rings. The first-order valence-electron chi connectivity index (χ1n) is 24.5. The zero-order valence-corrected chi connectivity index (χ0v) is 45.0. The van der Waals surface area contributed by atoms with Crippen molar-refractivity contribution in [3.8, 4) is 63.3 Å². The van der Waals surface area contributed by atoms with Gasteiger partial charge in [0, 0.05) is 63.8 Å². The van der Waals surface area contributed by atoms with Crippen molar-refractivity contribution in [2.45, 2.75) is 57.9 Å². The van der Waals surface area contributed by atoms with Crippen LogP contribution in [0.3, 0.4) is 0 Å². The molecule has 2 N–H and O–H groups in total. The van der Waals surface area contributed by atoms with Gasteiger partial charge in [0.2, 0.25) is 0 Å². The highest BCUT2D eigenvalue weighted by molar-refractivity contribution is 6.36. The monoisotopic (exact) mass is 1140 g/mol. The van der Waals surface area contributed by atoms with Gasteiger partial charge in [0.15, 0.2) is 17.1 Å². The third-order valence-corrected chi connectivity index (χ3v) is 14.0. The molecule has 404 valence electrons. The van der Waals surface area contributed by atoms with E-state index in [-0.39, 0.29) is 48.4 Å². The van der Waals surface area contributed by atoms with E-state index in [9.17, 15) is 34.6 Å². The number of rotatable bonds is 15. The Morgan fingerprint density at radius 3 is 1.73 bits per heavy atom. The summed E-state index contributed by atoms with van der Waals surface area (Å²) in [5.41, 5.74) is 9.11. The van der Waals surface area contributed by atoms with Crippen LogP contribution >= 0.6 is 46.4 Å². The van der Waals surface area contributed by atoms with Crippen LogP contribution in [0.2, 0.25) is 20.1 Å². The predicted octanol–water partition coefficient (Wildman–Crippen LogP) is 9.72. The average Bonchev–Trinajstić information content (AvgIpc) is 4.25. The van der Waals surface area contributed by atoms with Crippen LogP contribution in [0.5, 0.6) is 5.75 Å². The van der Waals surface area contributed by atoms with Crippen LogP contribution in [0, 0.1) is 62.7 Å². The molecule has 1 saturated carbocycles. The third-order valence-electron chi connectivity index (χ3n) is 13.0. The van der Waals surface area contributed by atoms with Crippen LogP contribution in [0.1, 0.15) is 82.6 Å². The van der Waals surface area contributed by atoms with E-state index in [2.05, 4.69) is 49.2 Å². The third kappa shape index (κ3) is 13.8. The number of halogens is 4. The Morgan fingerprint density at radius 1 is 0.718 bits per heavy atom. The van der Waals surface area contributed by atoms with E-state index < -0.39 is 28.1 Å². The zero-order valence-electron chi connectivity index (χ0n) is 41.9. The van der Waals surface area contributed by atoms with Crippen LogP contribution in [0.25, 0.3) is 33.9 Å². The van der Waals surface area contributed by atoms with E-state index in [1.165, 1.54) is 31.1 Å². The number of methoxy groups -OCH3 is 1. The molecule has 4 aromatic carbocycles. The van der Waals surface area contributed by atoms with Gasteiger partial charge in [-0.2, -0.15) is 10.2 Å². The van der Waals surface area contributed by atoms with Crippen molar-refractivity contribution < 1.29 is 43.7 Å². The number of cyclic esters (lactones) is 1. The summed E-state index contributed by atoms with van der Waals surface area (Å²) in [7, 11) is 1.41. The van der Waals surface area contributed by atoms with Crippen molar-refractivity contribution in [3.63, 3.8) is 0 Å². The summed E-state index contributed by atoms with van der Waals surface area (Å²) in [4.78, 5) is 67.8. The molecule has 24 heteroatoms. The fourth-order valence-corrected chi connectivity index (χ4v) is 10.3. The van der Waals surface area contributed by atoms with Crippen LogP contribution in [-0.4, -0.2) is 98.6 Å². The first kappa shape index (κ1) is 56.4. The average molecular weight is 1140 g/mol. The summed E-state index contributed by atoms with van der Waals surface area (Å²) in [5, 5.41) is 34.4. The number of esters is 1. The number of fused-ring (bicyclic) bond motifs is 1. The van der Waals surface area contributed by atoms with Crippen LogP contribution in [0.4, 0.5) is 0 Å². The van der Waals surface area contributed by atoms with Gasteiger partial charge < -0.3 is 24.5 Å². The van der Waals surface area contributed by atoms with Crippen molar-refractivity contribution in [1.29, 1.82) is 0 Å². The number of aromatic nitrogens is 4. The summed E-state index contributed by atoms with van der Waals surface area (Å²) >= 11 is 25.3. The predicted molar refractivity (Wildman–Crippen MR) is 290 cm³/mol. The summed E-state index contributed by atoms with van der Waals surface area (Å²) in [6, 6.07) is 23.7. The largest absolute Gasteiger partial charge is 0.492 e. The minimum atomic E-state index is -0.866. The van der Waals surface area contributed by atoms with E-state index >= 15 is 0 Å². The Balaban J connectivity index is 0.000000206. The number of hydrogen-bond donors (Lipinski definition) is 2. The number of hydrazine groups is 1. The number of nitrogens with zero attached hydrogens (tertiary/aromatic N) is 7. The maximum Gasteiger partial charge on any atom is 0.328 e. The van der Waals surface area contributed by atoms with E-state index in [4.69, 9.17) is 61.0 Å². The van der Waals surface area contributed by atoms with Crippen molar-refractivity contribution >= 4 is 64.2 Å².